The summed E-state index contributed by atoms with van der Waals surface area (Å²) in [7, 11) is 0. The van der Waals surface area contributed by atoms with Gasteiger partial charge < -0.3 is 24.4 Å². The Morgan fingerprint density at radius 3 is 2.69 bits per heavy atom. The lowest BCUT2D eigenvalue weighted by atomic mass is 10.1. The molecule has 2 fully saturated rings. The third kappa shape index (κ3) is 3.69. The first-order chi connectivity index (χ1) is 13.9. The van der Waals surface area contributed by atoms with Gasteiger partial charge in [-0.2, -0.15) is 0 Å². The number of fused-ring (bicyclic) bond motifs is 1. The van der Waals surface area contributed by atoms with E-state index in [9.17, 15) is 19.2 Å². The fraction of sp³-hybridized carbons (Fsp3) is 0.474. The Bertz CT molecular complexity index is 871. The Kier molecular flexibility index (Phi) is 4.99. The number of ether oxygens (including phenoxy) is 3. The van der Waals surface area contributed by atoms with Crippen LogP contribution in [0, 0.1) is 5.92 Å². The Morgan fingerprint density at radius 2 is 1.97 bits per heavy atom. The van der Waals surface area contributed by atoms with E-state index in [1.807, 2.05) is 0 Å². The Morgan fingerprint density at radius 1 is 1.21 bits per heavy atom. The van der Waals surface area contributed by atoms with Crippen LogP contribution in [0.3, 0.4) is 0 Å². The third-order valence-electron chi connectivity index (χ3n) is 5.06. The van der Waals surface area contributed by atoms with E-state index in [-0.39, 0.29) is 25.4 Å². The Balaban J connectivity index is 1.39. The number of rotatable bonds is 4. The van der Waals surface area contributed by atoms with Crippen molar-refractivity contribution in [1.29, 1.82) is 0 Å². The van der Waals surface area contributed by atoms with E-state index >= 15 is 0 Å². The standard InChI is InChI=1S/C19H21N3O7/c1-11(17(24)21-5-4-20-19(21)26)29-18(25)12-8-16(23)22(10-12)13-2-3-14-15(9-13)28-7-6-27-14/h2-3,9,11-12H,4-8,10H2,1H3,(H,20,26)/t11-,12-/m1/s1. The zero-order chi connectivity index (χ0) is 20.5. The summed E-state index contributed by atoms with van der Waals surface area (Å²) in [5, 5.41) is 2.52. The molecule has 0 radical (unpaired) electrons. The van der Waals surface area contributed by atoms with Crippen LogP contribution in [0.5, 0.6) is 11.5 Å². The van der Waals surface area contributed by atoms with Crippen molar-refractivity contribution in [2.24, 2.45) is 5.92 Å². The molecule has 154 valence electrons. The van der Waals surface area contributed by atoms with E-state index in [0.29, 0.717) is 36.9 Å². The highest BCUT2D eigenvalue weighted by molar-refractivity contribution is 6.01. The summed E-state index contributed by atoms with van der Waals surface area (Å²) in [5.41, 5.74) is 0.604. The quantitative estimate of drug-likeness (QED) is 0.719. The molecule has 0 saturated carbocycles. The number of benzene rings is 1. The number of nitrogens with one attached hydrogen (secondary N) is 1. The maximum absolute atomic E-state index is 12.5. The van der Waals surface area contributed by atoms with Crippen LogP contribution < -0.4 is 19.7 Å². The molecule has 0 aromatic heterocycles. The molecule has 2 atom stereocenters. The van der Waals surface area contributed by atoms with Gasteiger partial charge in [0.2, 0.25) is 5.91 Å². The molecular formula is C19H21N3O7. The molecule has 10 nitrogen and oxygen atoms in total. The second-order valence-corrected chi connectivity index (χ2v) is 7.03. The van der Waals surface area contributed by atoms with Crippen molar-refractivity contribution >= 4 is 29.5 Å². The highest BCUT2D eigenvalue weighted by Gasteiger charge is 2.39. The molecule has 3 aliphatic rings. The maximum Gasteiger partial charge on any atom is 0.324 e. The van der Waals surface area contributed by atoms with E-state index in [1.54, 1.807) is 18.2 Å². The van der Waals surface area contributed by atoms with Crippen LogP contribution in [0.4, 0.5) is 10.5 Å². The van der Waals surface area contributed by atoms with Gasteiger partial charge in [0.15, 0.2) is 17.6 Å². The fourth-order valence-electron chi connectivity index (χ4n) is 3.54. The molecule has 0 bridgehead atoms. The molecule has 3 heterocycles. The van der Waals surface area contributed by atoms with Crippen LogP contribution >= 0.6 is 0 Å². The van der Waals surface area contributed by atoms with Gasteiger partial charge >= 0.3 is 12.0 Å². The molecule has 4 amide bonds. The molecule has 1 aromatic carbocycles. The van der Waals surface area contributed by atoms with Crippen LogP contribution in [0.15, 0.2) is 18.2 Å². The first-order valence-electron chi connectivity index (χ1n) is 9.44. The predicted molar refractivity (Wildman–Crippen MR) is 98.6 cm³/mol. The van der Waals surface area contributed by atoms with Crippen molar-refractivity contribution in [1.82, 2.24) is 10.2 Å². The van der Waals surface area contributed by atoms with E-state index < -0.39 is 29.9 Å². The molecule has 3 aliphatic heterocycles. The van der Waals surface area contributed by atoms with Gasteiger partial charge in [-0.15, -0.1) is 0 Å². The van der Waals surface area contributed by atoms with Crippen molar-refractivity contribution in [3.05, 3.63) is 18.2 Å². The average molecular weight is 403 g/mol. The topological polar surface area (TPSA) is 114 Å². The summed E-state index contributed by atoms with van der Waals surface area (Å²) < 4.78 is 16.3. The van der Waals surface area contributed by atoms with Gasteiger partial charge in [0.05, 0.1) is 5.92 Å². The van der Waals surface area contributed by atoms with Gasteiger partial charge in [-0.25, -0.2) is 4.79 Å². The van der Waals surface area contributed by atoms with E-state index in [4.69, 9.17) is 14.2 Å². The lowest BCUT2D eigenvalue weighted by Gasteiger charge is -2.22. The summed E-state index contributed by atoms with van der Waals surface area (Å²) in [4.78, 5) is 51.3. The van der Waals surface area contributed by atoms with Crippen molar-refractivity contribution in [3.63, 3.8) is 0 Å². The Hall–Kier alpha value is -3.30. The van der Waals surface area contributed by atoms with Crippen LogP contribution in [-0.2, 0) is 19.1 Å². The first kappa shape index (κ1) is 19.0. The second kappa shape index (κ2) is 7.61. The SMILES string of the molecule is C[C@@H](OC(=O)[C@@H]1CC(=O)N(c2ccc3c(c2)OCCO3)C1)C(=O)N1CCNC1=O. The number of nitrogens with zero attached hydrogens (tertiary/aromatic N) is 2. The van der Waals surface area contributed by atoms with E-state index in [2.05, 4.69) is 5.32 Å². The van der Waals surface area contributed by atoms with E-state index in [1.165, 1.54) is 11.8 Å². The molecule has 0 spiro atoms. The highest BCUT2D eigenvalue weighted by atomic mass is 16.6. The van der Waals surface area contributed by atoms with Gasteiger partial charge in [0, 0.05) is 37.8 Å². The Labute approximate surface area is 166 Å². The summed E-state index contributed by atoms with van der Waals surface area (Å²) >= 11 is 0. The number of esters is 1. The van der Waals surface area contributed by atoms with Gasteiger partial charge in [-0.3, -0.25) is 19.3 Å². The molecule has 2 saturated heterocycles. The van der Waals surface area contributed by atoms with Crippen LogP contribution in [0.2, 0.25) is 0 Å². The largest absolute Gasteiger partial charge is 0.486 e. The number of urea groups is 1. The van der Waals surface area contributed by atoms with Crippen molar-refractivity contribution in [2.75, 3.05) is 37.7 Å². The number of anilines is 1. The zero-order valence-electron chi connectivity index (χ0n) is 15.9. The molecule has 29 heavy (non-hydrogen) atoms. The molecule has 0 aliphatic carbocycles. The van der Waals surface area contributed by atoms with Crippen LogP contribution in [0.25, 0.3) is 0 Å². The number of imide groups is 1. The number of carbonyl (C=O) groups is 4. The number of hydrogen-bond donors (Lipinski definition) is 1. The monoisotopic (exact) mass is 403 g/mol. The lowest BCUT2D eigenvalue weighted by Crippen LogP contribution is -2.42. The summed E-state index contributed by atoms with van der Waals surface area (Å²) in [5.74, 6) is -0.975. The van der Waals surface area contributed by atoms with Crippen molar-refractivity contribution in [3.8, 4) is 11.5 Å². The molecule has 0 unspecified atom stereocenters. The molecule has 1 N–H and O–H groups in total. The molecular weight excluding hydrogens is 382 g/mol. The third-order valence-corrected chi connectivity index (χ3v) is 5.06. The second-order valence-electron chi connectivity index (χ2n) is 7.03. The van der Waals surface area contributed by atoms with Crippen LogP contribution in [0.1, 0.15) is 13.3 Å². The summed E-state index contributed by atoms with van der Waals surface area (Å²) in [6, 6.07) is 4.67. The van der Waals surface area contributed by atoms with Gasteiger partial charge in [0.1, 0.15) is 13.2 Å². The van der Waals surface area contributed by atoms with Gasteiger partial charge in [-0.1, -0.05) is 0 Å². The lowest BCUT2D eigenvalue weighted by molar-refractivity contribution is -0.160. The minimum atomic E-state index is -1.11. The summed E-state index contributed by atoms with van der Waals surface area (Å²) in [6.45, 7) is 3.06. The van der Waals surface area contributed by atoms with Crippen molar-refractivity contribution < 1.29 is 33.4 Å². The molecule has 4 rings (SSSR count). The first-order valence-corrected chi connectivity index (χ1v) is 9.44. The normalized spacial score (nSPS) is 21.8. The van der Waals surface area contributed by atoms with Crippen LogP contribution in [-0.4, -0.2) is 67.7 Å². The fourth-order valence-corrected chi connectivity index (χ4v) is 3.54. The minimum absolute atomic E-state index is 0.0155. The zero-order valence-corrected chi connectivity index (χ0v) is 15.9. The van der Waals surface area contributed by atoms with Gasteiger partial charge in [0.25, 0.3) is 5.91 Å². The van der Waals surface area contributed by atoms with E-state index in [0.717, 1.165) is 4.90 Å². The number of hydrogen-bond acceptors (Lipinski definition) is 7. The minimum Gasteiger partial charge on any atom is -0.486 e. The smallest absolute Gasteiger partial charge is 0.324 e. The number of carbonyl (C=O) groups excluding carboxylic acids is 4. The number of amides is 4. The highest BCUT2D eigenvalue weighted by Crippen LogP contribution is 2.36. The predicted octanol–water partition coefficient (Wildman–Crippen LogP) is 0.294. The summed E-state index contributed by atoms with van der Waals surface area (Å²) in [6.07, 6.45) is -1.12. The average Bonchev–Trinajstić information content (AvgIpc) is 3.32. The van der Waals surface area contributed by atoms with Crippen molar-refractivity contribution in [2.45, 2.75) is 19.4 Å². The van der Waals surface area contributed by atoms with Gasteiger partial charge in [-0.05, 0) is 19.1 Å². The molecule has 10 heteroatoms. The molecule has 1 aromatic rings. The maximum atomic E-state index is 12.5.